The Morgan fingerprint density at radius 3 is 3.05 bits per heavy atom. The summed E-state index contributed by atoms with van der Waals surface area (Å²) in [7, 11) is 0. The van der Waals surface area contributed by atoms with E-state index >= 15 is 0 Å². The molecule has 0 radical (unpaired) electrons. The lowest BCUT2D eigenvalue weighted by Gasteiger charge is -2.03. The summed E-state index contributed by atoms with van der Waals surface area (Å²) in [6.45, 7) is 6.75. The number of guanidine groups is 1. The number of hydrogen-bond acceptors (Lipinski definition) is 5. The van der Waals surface area contributed by atoms with Crippen LogP contribution < -0.4 is 11.1 Å². The Balaban J connectivity index is 1.84. The van der Waals surface area contributed by atoms with Crippen LogP contribution in [0.5, 0.6) is 0 Å². The second-order valence-electron chi connectivity index (χ2n) is 4.57. The van der Waals surface area contributed by atoms with E-state index in [1.807, 2.05) is 25.1 Å². The largest absolute Gasteiger partial charge is 0.370 e. The van der Waals surface area contributed by atoms with Crippen LogP contribution in [0.15, 0.2) is 46.1 Å². The molecule has 21 heavy (non-hydrogen) atoms. The number of nitrogens with zero attached hydrogens (tertiary/aromatic N) is 4. The maximum Gasteiger partial charge on any atom is 0.276 e. The Hall–Kier alpha value is -2.70. The molecule has 2 aromatic heterocycles. The molecule has 0 amide bonds. The van der Waals surface area contributed by atoms with E-state index in [2.05, 4.69) is 32.0 Å². The monoisotopic (exact) mass is 286 g/mol. The van der Waals surface area contributed by atoms with Gasteiger partial charge in [-0.05, 0) is 19.1 Å². The Morgan fingerprint density at radius 2 is 2.33 bits per heavy atom. The Morgan fingerprint density at radius 1 is 1.48 bits per heavy atom. The van der Waals surface area contributed by atoms with Gasteiger partial charge in [0.1, 0.15) is 5.69 Å². The second-order valence-corrected chi connectivity index (χ2v) is 4.57. The molecule has 0 bridgehead atoms. The van der Waals surface area contributed by atoms with Gasteiger partial charge >= 0.3 is 0 Å². The quantitative estimate of drug-likeness (QED) is 0.469. The van der Waals surface area contributed by atoms with Gasteiger partial charge in [-0.3, -0.25) is 4.98 Å². The zero-order valence-electron chi connectivity index (χ0n) is 11.9. The van der Waals surface area contributed by atoms with Gasteiger partial charge in [-0.25, -0.2) is 4.99 Å². The van der Waals surface area contributed by atoms with Crippen LogP contribution in [0.3, 0.4) is 0 Å². The van der Waals surface area contributed by atoms with Crippen molar-refractivity contribution in [3.8, 4) is 11.6 Å². The van der Waals surface area contributed by atoms with Crippen LogP contribution in [-0.4, -0.2) is 34.2 Å². The molecule has 0 saturated carbocycles. The van der Waals surface area contributed by atoms with Crippen LogP contribution in [0.4, 0.5) is 0 Å². The molecule has 0 aromatic carbocycles. The predicted octanol–water partition coefficient (Wildman–Crippen LogP) is 1.15. The first-order valence-corrected chi connectivity index (χ1v) is 6.57. The molecule has 110 valence electrons. The molecule has 7 heteroatoms. The van der Waals surface area contributed by atoms with E-state index in [9.17, 15) is 0 Å². The SMILES string of the molecule is C=C(C)CN=C(N)NCCc1noc(-c2ccccn2)n1. The lowest BCUT2D eigenvalue weighted by Crippen LogP contribution is -2.33. The topological polar surface area (TPSA) is 102 Å². The third-order valence-electron chi connectivity index (χ3n) is 2.53. The second kappa shape index (κ2) is 7.18. The average Bonchev–Trinajstić information content (AvgIpc) is 2.95. The molecule has 0 fully saturated rings. The van der Waals surface area contributed by atoms with Crippen LogP contribution in [0, 0.1) is 0 Å². The summed E-state index contributed by atoms with van der Waals surface area (Å²) in [5, 5.41) is 6.89. The van der Waals surface area contributed by atoms with Gasteiger partial charge in [0, 0.05) is 19.2 Å². The molecule has 0 aliphatic heterocycles. The van der Waals surface area contributed by atoms with E-state index in [1.165, 1.54) is 0 Å². The van der Waals surface area contributed by atoms with Gasteiger partial charge in [0.25, 0.3) is 5.89 Å². The maximum atomic E-state index is 5.71. The van der Waals surface area contributed by atoms with Crippen molar-refractivity contribution in [3.05, 3.63) is 42.4 Å². The lowest BCUT2D eigenvalue weighted by molar-refractivity contribution is 0.421. The number of rotatable bonds is 6. The van der Waals surface area contributed by atoms with Crippen molar-refractivity contribution in [1.82, 2.24) is 20.4 Å². The van der Waals surface area contributed by atoms with Crippen molar-refractivity contribution in [2.24, 2.45) is 10.7 Å². The zero-order valence-corrected chi connectivity index (χ0v) is 11.9. The van der Waals surface area contributed by atoms with E-state index in [0.29, 0.717) is 42.9 Å². The third-order valence-corrected chi connectivity index (χ3v) is 2.53. The smallest absolute Gasteiger partial charge is 0.276 e. The van der Waals surface area contributed by atoms with E-state index in [-0.39, 0.29) is 0 Å². The Bertz CT molecular complexity index is 619. The van der Waals surface area contributed by atoms with Crippen molar-refractivity contribution in [3.63, 3.8) is 0 Å². The van der Waals surface area contributed by atoms with Crippen molar-refractivity contribution in [2.45, 2.75) is 13.3 Å². The van der Waals surface area contributed by atoms with Crippen molar-refractivity contribution < 1.29 is 4.52 Å². The molecule has 7 nitrogen and oxygen atoms in total. The van der Waals surface area contributed by atoms with Gasteiger partial charge in [0.2, 0.25) is 0 Å². The molecule has 0 spiro atoms. The number of pyridine rings is 1. The minimum absolute atomic E-state index is 0.381. The molecular formula is C14H18N6O. The molecule has 3 N–H and O–H groups in total. The number of hydrogen-bond donors (Lipinski definition) is 2. The summed E-state index contributed by atoms with van der Waals surface area (Å²) in [5.74, 6) is 1.39. The lowest BCUT2D eigenvalue weighted by atomic mass is 10.3. The van der Waals surface area contributed by atoms with Gasteiger partial charge in [-0.15, -0.1) is 0 Å². The summed E-state index contributed by atoms with van der Waals surface area (Å²) in [4.78, 5) is 12.5. The zero-order chi connectivity index (χ0) is 15.1. The molecule has 0 unspecified atom stereocenters. The molecule has 0 aliphatic rings. The molecule has 0 aliphatic carbocycles. The fourth-order valence-corrected chi connectivity index (χ4v) is 1.53. The molecule has 0 atom stereocenters. The summed E-state index contributed by atoms with van der Waals surface area (Å²) in [6.07, 6.45) is 2.26. The van der Waals surface area contributed by atoms with Crippen LogP contribution >= 0.6 is 0 Å². The summed E-state index contributed by atoms with van der Waals surface area (Å²) >= 11 is 0. The third kappa shape index (κ3) is 4.72. The summed E-state index contributed by atoms with van der Waals surface area (Å²) in [5.41, 5.74) is 7.32. The number of aromatic nitrogens is 3. The molecule has 2 heterocycles. The van der Waals surface area contributed by atoms with Crippen LogP contribution in [0.1, 0.15) is 12.7 Å². The first kappa shape index (κ1) is 14.7. The highest BCUT2D eigenvalue weighted by atomic mass is 16.5. The Kier molecular flexibility index (Phi) is 5.03. The maximum absolute atomic E-state index is 5.71. The summed E-state index contributed by atoms with van der Waals surface area (Å²) < 4.78 is 5.16. The average molecular weight is 286 g/mol. The highest BCUT2D eigenvalue weighted by Gasteiger charge is 2.09. The van der Waals surface area contributed by atoms with Gasteiger partial charge in [0.15, 0.2) is 11.8 Å². The molecule has 2 aromatic rings. The van der Waals surface area contributed by atoms with E-state index in [1.54, 1.807) is 6.20 Å². The minimum Gasteiger partial charge on any atom is -0.370 e. The van der Waals surface area contributed by atoms with Crippen molar-refractivity contribution in [1.29, 1.82) is 0 Å². The number of aliphatic imine (C=N–C) groups is 1. The molecule has 0 saturated heterocycles. The van der Waals surface area contributed by atoms with Crippen LogP contribution in [0.25, 0.3) is 11.6 Å². The van der Waals surface area contributed by atoms with Crippen molar-refractivity contribution in [2.75, 3.05) is 13.1 Å². The van der Waals surface area contributed by atoms with E-state index in [4.69, 9.17) is 10.3 Å². The van der Waals surface area contributed by atoms with Gasteiger partial charge < -0.3 is 15.6 Å². The predicted molar refractivity (Wildman–Crippen MR) is 80.5 cm³/mol. The van der Waals surface area contributed by atoms with E-state index < -0.39 is 0 Å². The highest BCUT2D eigenvalue weighted by Crippen LogP contribution is 2.12. The van der Waals surface area contributed by atoms with Crippen molar-refractivity contribution >= 4 is 5.96 Å². The number of nitrogens with one attached hydrogen (secondary N) is 1. The van der Waals surface area contributed by atoms with Gasteiger partial charge in [-0.1, -0.05) is 23.4 Å². The van der Waals surface area contributed by atoms with E-state index in [0.717, 1.165) is 5.57 Å². The fourth-order valence-electron chi connectivity index (χ4n) is 1.53. The summed E-state index contributed by atoms with van der Waals surface area (Å²) in [6, 6.07) is 5.52. The normalized spacial score (nSPS) is 11.4. The first-order valence-electron chi connectivity index (χ1n) is 6.57. The minimum atomic E-state index is 0.381. The molecule has 2 rings (SSSR count). The van der Waals surface area contributed by atoms with Crippen LogP contribution in [0.2, 0.25) is 0 Å². The highest BCUT2D eigenvalue weighted by molar-refractivity contribution is 5.77. The number of nitrogens with two attached hydrogens (primary N) is 1. The Labute approximate surface area is 123 Å². The molecular weight excluding hydrogens is 268 g/mol. The van der Waals surface area contributed by atoms with Crippen LogP contribution in [-0.2, 0) is 6.42 Å². The fraction of sp³-hybridized carbons (Fsp3) is 0.286. The standard InChI is InChI=1S/C14H18N6O/c1-10(2)9-18-14(15)17-8-6-12-19-13(21-20-12)11-5-3-4-7-16-11/h3-5,7H,1,6,8-9H2,2H3,(H3,15,17,18). The van der Waals surface area contributed by atoms with Gasteiger partial charge in [-0.2, -0.15) is 4.98 Å². The first-order chi connectivity index (χ1) is 10.1. The van der Waals surface area contributed by atoms with Gasteiger partial charge in [0.05, 0.1) is 6.54 Å².